The van der Waals surface area contributed by atoms with Gasteiger partial charge < -0.3 is 10.8 Å². The molecule has 1 saturated carbocycles. The summed E-state index contributed by atoms with van der Waals surface area (Å²) in [6.07, 6.45) is -1.70. The second-order valence-electron chi connectivity index (χ2n) is 4.53. The van der Waals surface area contributed by atoms with E-state index in [1.807, 2.05) is 0 Å². The van der Waals surface area contributed by atoms with Gasteiger partial charge in [0.2, 0.25) is 0 Å². The molecule has 1 unspecified atom stereocenters. The molecule has 3 atom stereocenters. The first-order valence-corrected chi connectivity index (χ1v) is 5.89. The van der Waals surface area contributed by atoms with E-state index in [2.05, 4.69) is 5.92 Å². The van der Waals surface area contributed by atoms with Gasteiger partial charge in [-0.2, -0.15) is 13.2 Å². The summed E-state index contributed by atoms with van der Waals surface area (Å²) in [5.74, 6) is 2.18. The summed E-state index contributed by atoms with van der Waals surface area (Å²) in [6, 6.07) is 3.72. The molecule has 1 aliphatic rings. The highest BCUT2D eigenvalue weighted by Crippen LogP contribution is 2.52. The second kappa shape index (κ2) is 5.45. The van der Waals surface area contributed by atoms with Crippen molar-refractivity contribution in [2.45, 2.75) is 29.6 Å². The number of alkyl halides is 4. The number of halogens is 5. The van der Waals surface area contributed by atoms with Crippen molar-refractivity contribution in [1.82, 2.24) is 0 Å². The van der Waals surface area contributed by atoms with E-state index < -0.39 is 17.2 Å². The molecule has 2 rings (SSSR count). The number of hydrogen-bond acceptors (Lipinski definition) is 2. The number of nitrogens with two attached hydrogens (primary N) is 1. The highest BCUT2D eigenvalue weighted by atomic mass is 35.5. The molecule has 0 amide bonds. The number of aliphatic hydroxyl groups excluding tert-OH is 1. The molecule has 7 heteroatoms. The summed E-state index contributed by atoms with van der Waals surface area (Å²) < 4.78 is 37.8. The van der Waals surface area contributed by atoms with E-state index in [9.17, 15) is 18.3 Å². The van der Waals surface area contributed by atoms with Crippen molar-refractivity contribution in [2.24, 2.45) is 5.73 Å². The summed E-state index contributed by atoms with van der Waals surface area (Å²) in [6.45, 7) is 0. The third-order valence-corrected chi connectivity index (χ3v) is 3.88. The standard InChI is InChI=1S/C13H11ClF3NO.ClH/c1-2-7-8(11(19)13(15,16)17)4-3-5-9(7)12(14)6-10(12)18;/h1,3-5,10-11,19H,6,18H2;1H/t10-,11?,12-;/m0./s1. The number of rotatable bonds is 2. The Morgan fingerprint density at radius 2 is 2.05 bits per heavy atom. The van der Waals surface area contributed by atoms with E-state index in [1.165, 1.54) is 6.07 Å². The van der Waals surface area contributed by atoms with E-state index in [1.54, 1.807) is 6.07 Å². The minimum Gasteiger partial charge on any atom is -0.379 e. The Morgan fingerprint density at radius 3 is 2.45 bits per heavy atom. The Labute approximate surface area is 125 Å². The van der Waals surface area contributed by atoms with E-state index in [-0.39, 0.29) is 29.6 Å². The molecule has 0 aliphatic heterocycles. The minimum absolute atomic E-state index is 0. The lowest BCUT2D eigenvalue weighted by Crippen LogP contribution is -2.22. The minimum atomic E-state index is -4.78. The van der Waals surface area contributed by atoms with Crippen LogP contribution < -0.4 is 5.73 Å². The second-order valence-corrected chi connectivity index (χ2v) is 5.21. The molecule has 1 fully saturated rings. The maximum Gasteiger partial charge on any atom is 0.418 e. The van der Waals surface area contributed by atoms with Crippen LogP contribution in [0.2, 0.25) is 0 Å². The highest BCUT2D eigenvalue weighted by Gasteiger charge is 2.53. The summed E-state index contributed by atoms with van der Waals surface area (Å²) in [7, 11) is 0. The van der Waals surface area contributed by atoms with Gasteiger partial charge in [0.1, 0.15) is 0 Å². The van der Waals surface area contributed by atoms with Crippen molar-refractivity contribution in [3.63, 3.8) is 0 Å². The first-order chi connectivity index (χ1) is 8.71. The van der Waals surface area contributed by atoms with Gasteiger partial charge in [-0.1, -0.05) is 24.1 Å². The number of aliphatic hydroxyl groups is 1. The fourth-order valence-electron chi connectivity index (χ4n) is 2.05. The molecule has 1 aromatic carbocycles. The van der Waals surface area contributed by atoms with E-state index in [0.717, 1.165) is 6.07 Å². The molecule has 0 heterocycles. The van der Waals surface area contributed by atoms with Crippen LogP contribution in [0.15, 0.2) is 18.2 Å². The Hall–Kier alpha value is -0.930. The average molecular weight is 326 g/mol. The Kier molecular flexibility index (Phi) is 4.67. The fourth-order valence-corrected chi connectivity index (χ4v) is 2.38. The van der Waals surface area contributed by atoms with Crippen LogP contribution in [0, 0.1) is 12.3 Å². The molecule has 1 aliphatic carbocycles. The van der Waals surface area contributed by atoms with Gasteiger partial charge in [-0.3, -0.25) is 0 Å². The van der Waals surface area contributed by atoms with Crippen molar-refractivity contribution < 1.29 is 18.3 Å². The van der Waals surface area contributed by atoms with Gasteiger partial charge in [0.15, 0.2) is 6.10 Å². The number of terminal acetylenes is 1. The quantitative estimate of drug-likeness (QED) is 0.648. The van der Waals surface area contributed by atoms with E-state index in [4.69, 9.17) is 23.8 Å². The average Bonchev–Trinajstić information content (AvgIpc) is 2.95. The monoisotopic (exact) mass is 325 g/mol. The van der Waals surface area contributed by atoms with Crippen molar-refractivity contribution >= 4 is 24.0 Å². The normalized spacial score (nSPS) is 26.4. The lowest BCUT2D eigenvalue weighted by molar-refractivity contribution is -0.206. The first-order valence-electron chi connectivity index (χ1n) is 5.51. The molecule has 1 aromatic rings. The van der Waals surface area contributed by atoms with Crippen LogP contribution in [0.25, 0.3) is 0 Å². The molecule has 0 spiro atoms. The van der Waals surface area contributed by atoms with Crippen molar-refractivity contribution in [2.75, 3.05) is 0 Å². The van der Waals surface area contributed by atoms with Gasteiger partial charge in [0, 0.05) is 17.2 Å². The lowest BCUT2D eigenvalue weighted by Gasteiger charge is -2.20. The van der Waals surface area contributed by atoms with Crippen LogP contribution in [-0.2, 0) is 4.87 Å². The topological polar surface area (TPSA) is 46.2 Å². The molecular formula is C13H12Cl2F3NO. The molecule has 20 heavy (non-hydrogen) atoms. The molecule has 110 valence electrons. The van der Waals surface area contributed by atoms with Gasteiger partial charge in [-0.05, 0) is 12.0 Å². The largest absolute Gasteiger partial charge is 0.418 e. The van der Waals surface area contributed by atoms with Crippen molar-refractivity contribution in [1.29, 1.82) is 0 Å². The highest BCUT2D eigenvalue weighted by molar-refractivity contribution is 6.27. The van der Waals surface area contributed by atoms with Crippen LogP contribution in [-0.4, -0.2) is 17.3 Å². The van der Waals surface area contributed by atoms with Gasteiger partial charge in [-0.25, -0.2) is 0 Å². The van der Waals surface area contributed by atoms with Gasteiger partial charge >= 0.3 is 6.18 Å². The maximum atomic E-state index is 12.6. The van der Waals surface area contributed by atoms with Crippen molar-refractivity contribution in [3.05, 3.63) is 34.9 Å². The summed E-state index contributed by atoms with van der Waals surface area (Å²) in [5, 5.41) is 9.35. The maximum absolute atomic E-state index is 12.6. The van der Waals surface area contributed by atoms with E-state index in [0.29, 0.717) is 12.0 Å². The summed E-state index contributed by atoms with van der Waals surface area (Å²) in [5.41, 5.74) is 5.65. The summed E-state index contributed by atoms with van der Waals surface area (Å²) in [4.78, 5) is -0.928. The van der Waals surface area contributed by atoms with Crippen LogP contribution in [0.4, 0.5) is 13.2 Å². The molecule has 0 aromatic heterocycles. The Morgan fingerprint density at radius 1 is 1.50 bits per heavy atom. The SMILES string of the molecule is C#Cc1c(C(O)C(F)(F)F)cccc1[C@@]1(Cl)C[C@@H]1N.Cl. The zero-order chi connectivity index (χ0) is 14.4. The zero-order valence-electron chi connectivity index (χ0n) is 10.1. The number of benzene rings is 1. The fraction of sp³-hybridized carbons (Fsp3) is 0.385. The van der Waals surface area contributed by atoms with Gasteiger partial charge in [0.25, 0.3) is 0 Å². The summed E-state index contributed by atoms with van der Waals surface area (Å²) >= 11 is 6.21. The molecule has 2 nitrogen and oxygen atoms in total. The van der Waals surface area contributed by atoms with E-state index >= 15 is 0 Å². The van der Waals surface area contributed by atoms with Crippen LogP contribution in [0.1, 0.15) is 29.2 Å². The lowest BCUT2D eigenvalue weighted by atomic mass is 9.94. The smallest absolute Gasteiger partial charge is 0.379 e. The van der Waals surface area contributed by atoms with Crippen LogP contribution in [0.3, 0.4) is 0 Å². The third-order valence-electron chi connectivity index (χ3n) is 3.24. The number of hydrogen-bond donors (Lipinski definition) is 2. The molecule has 0 bridgehead atoms. The molecule has 0 radical (unpaired) electrons. The molecule has 0 saturated heterocycles. The van der Waals surface area contributed by atoms with Crippen LogP contribution >= 0.6 is 24.0 Å². The Balaban J connectivity index is 0.00000200. The third kappa shape index (κ3) is 2.75. The van der Waals surface area contributed by atoms with Gasteiger partial charge in [0.05, 0.1) is 4.87 Å². The first kappa shape index (κ1) is 17.1. The predicted octanol–water partition coefficient (Wildman–Crippen LogP) is 2.85. The van der Waals surface area contributed by atoms with Crippen molar-refractivity contribution in [3.8, 4) is 12.3 Å². The molecule has 3 N–H and O–H groups in total. The molecular weight excluding hydrogens is 314 g/mol. The zero-order valence-corrected chi connectivity index (χ0v) is 11.7. The Bertz CT molecular complexity index is 556. The predicted molar refractivity (Wildman–Crippen MR) is 72.8 cm³/mol. The van der Waals surface area contributed by atoms with Crippen LogP contribution in [0.5, 0.6) is 0 Å². The van der Waals surface area contributed by atoms with Gasteiger partial charge in [-0.15, -0.1) is 30.4 Å².